The summed E-state index contributed by atoms with van der Waals surface area (Å²) in [5.41, 5.74) is 1.37. The van der Waals surface area contributed by atoms with E-state index in [9.17, 15) is 8.42 Å². The highest BCUT2D eigenvalue weighted by Gasteiger charge is 2.22. The van der Waals surface area contributed by atoms with Crippen LogP contribution in [0.5, 0.6) is 0 Å². The number of halogens is 3. The van der Waals surface area contributed by atoms with Gasteiger partial charge in [-0.15, -0.1) is 11.6 Å². The normalized spacial score (nSPS) is 15.3. The molecule has 0 N–H and O–H groups in total. The van der Waals surface area contributed by atoms with Crippen molar-refractivity contribution in [3.63, 3.8) is 0 Å². The first-order valence-electron chi connectivity index (χ1n) is 6.29. The van der Waals surface area contributed by atoms with E-state index in [1.807, 2.05) is 11.5 Å². The van der Waals surface area contributed by atoms with Gasteiger partial charge in [0.2, 0.25) is 0 Å². The second-order valence-corrected chi connectivity index (χ2v) is 8.81. The van der Waals surface area contributed by atoms with Crippen LogP contribution < -0.4 is 0 Å². The Kier molecular flexibility index (Phi) is 4.78. The van der Waals surface area contributed by atoms with Crippen molar-refractivity contribution < 1.29 is 8.42 Å². The molecule has 2 unspecified atom stereocenters. The van der Waals surface area contributed by atoms with Crippen LogP contribution in [-0.2, 0) is 9.84 Å². The van der Waals surface area contributed by atoms with Crippen molar-refractivity contribution in [1.82, 2.24) is 9.55 Å². The minimum atomic E-state index is -3.13. The number of aromatic nitrogens is 2. The Morgan fingerprint density at radius 2 is 1.81 bits per heavy atom. The molecular weight excluding hydrogens is 355 g/mol. The molecule has 0 aliphatic rings. The van der Waals surface area contributed by atoms with Crippen molar-refractivity contribution in [2.75, 3.05) is 12.0 Å². The lowest BCUT2D eigenvalue weighted by Gasteiger charge is -2.18. The highest BCUT2D eigenvalue weighted by Crippen LogP contribution is 2.33. The molecule has 21 heavy (non-hydrogen) atoms. The number of imidazole rings is 1. The summed E-state index contributed by atoms with van der Waals surface area (Å²) < 4.78 is 24.9. The molecular formula is C13H15Cl3N2O2S. The zero-order valence-corrected chi connectivity index (χ0v) is 14.9. The summed E-state index contributed by atoms with van der Waals surface area (Å²) >= 11 is 18.2. The van der Waals surface area contributed by atoms with E-state index in [-0.39, 0.29) is 17.2 Å². The first kappa shape index (κ1) is 16.9. The minimum absolute atomic E-state index is 0.00465. The van der Waals surface area contributed by atoms with E-state index in [4.69, 9.17) is 34.8 Å². The Hall–Kier alpha value is -0.490. The maximum Gasteiger partial charge on any atom is 0.149 e. The molecule has 0 saturated heterocycles. The predicted octanol–water partition coefficient (Wildman–Crippen LogP) is 4.25. The fourth-order valence-corrected chi connectivity index (χ4v) is 3.86. The van der Waals surface area contributed by atoms with Gasteiger partial charge < -0.3 is 4.57 Å². The van der Waals surface area contributed by atoms with Gasteiger partial charge >= 0.3 is 0 Å². The van der Waals surface area contributed by atoms with Crippen molar-refractivity contribution in [3.8, 4) is 0 Å². The average Bonchev–Trinajstić information content (AvgIpc) is 2.66. The molecule has 0 bridgehead atoms. The Labute approximate surface area is 138 Å². The molecule has 0 radical (unpaired) electrons. The lowest BCUT2D eigenvalue weighted by Crippen LogP contribution is -2.18. The van der Waals surface area contributed by atoms with Gasteiger partial charge in [0.05, 0.1) is 32.2 Å². The van der Waals surface area contributed by atoms with E-state index in [0.717, 1.165) is 5.52 Å². The molecule has 0 amide bonds. The van der Waals surface area contributed by atoms with Crippen LogP contribution in [-0.4, -0.2) is 30.0 Å². The quantitative estimate of drug-likeness (QED) is 0.757. The highest BCUT2D eigenvalue weighted by molar-refractivity contribution is 7.90. The van der Waals surface area contributed by atoms with Crippen LogP contribution in [0.3, 0.4) is 0 Å². The molecule has 1 heterocycles. The SMILES string of the molecule is CC(Cl)c1nc2cc(Cl)c(Cl)cc2n1C(C)CS(C)(=O)=O. The Bertz CT molecular complexity index is 784. The van der Waals surface area contributed by atoms with E-state index in [1.165, 1.54) is 6.26 Å². The summed E-state index contributed by atoms with van der Waals surface area (Å²) in [4.78, 5) is 4.46. The third-order valence-corrected chi connectivity index (χ3v) is 5.10. The number of hydrogen-bond donors (Lipinski definition) is 0. The number of benzene rings is 1. The van der Waals surface area contributed by atoms with Gasteiger partial charge in [0, 0.05) is 12.3 Å². The topological polar surface area (TPSA) is 52.0 Å². The van der Waals surface area contributed by atoms with E-state index in [2.05, 4.69) is 4.98 Å². The minimum Gasteiger partial charge on any atom is -0.323 e. The third kappa shape index (κ3) is 3.65. The summed E-state index contributed by atoms with van der Waals surface area (Å²) in [5.74, 6) is 0.594. The number of nitrogens with zero attached hydrogens (tertiary/aromatic N) is 2. The summed E-state index contributed by atoms with van der Waals surface area (Å²) in [7, 11) is -3.13. The van der Waals surface area contributed by atoms with E-state index >= 15 is 0 Å². The van der Waals surface area contributed by atoms with Crippen LogP contribution >= 0.6 is 34.8 Å². The van der Waals surface area contributed by atoms with E-state index in [1.54, 1.807) is 19.1 Å². The smallest absolute Gasteiger partial charge is 0.149 e. The fraction of sp³-hybridized carbons (Fsp3) is 0.462. The van der Waals surface area contributed by atoms with Crippen LogP contribution in [0.15, 0.2) is 12.1 Å². The molecule has 2 aromatic rings. The predicted molar refractivity (Wildman–Crippen MR) is 88.4 cm³/mol. The molecule has 4 nitrogen and oxygen atoms in total. The maximum absolute atomic E-state index is 11.6. The first-order chi connectivity index (χ1) is 9.60. The van der Waals surface area contributed by atoms with Crippen LogP contribution in [0.25, 0.3) is 11.0 Å². The van der Waals surface area contributed by atoms with Crippen molar-refractivity contribution in [3.05, 3.63) is 28.0 Å². The second-order valence-electron chi connectivity index (χ2n) is 5.15. The second kappa shape index (κ2) is 5.95. The number of alkyl halides is 1. The largest absolute Gasteiger partial charge is 0.323 e. The summed E-state index contributed by atoms with van der Waals surface area (Å²) in [6.45, 7) is 3.60. The zero-order valence-electron chi connectivity index (χ0n) is 11.8. The Balaban J connectivity index is 2.69. The van der Waals surface area contributed by atoms with Crippen molar-refractivity contribution in [2.45, 2.75) is 25.3 Å². The Morgan fingerprint density at radius 1 is 1.24 bits per heavy atom. The van der Waals surface area contributed by atoms with Crippen LogP contribution in [0.4, 0.5) is 0 Å². The highest BCUT2D eigenvalue weighted by atomic mass is 35.5. The van der Waals surface area contributed by atoms with Gasteiger partial charge in [-0.2, -0.15) is 0 Å². The molecule has 0 aliphatic heterocycles. The van der Waals surface area contributed by atoms with Gasteiger partial charge in [-0.1, -0.05) is 23.2 Å². The molecule has 0 spiro atoms. The van der Waals surface area contributed by atoms with Gasteiger partial charge in [0.25, 0.3) is 0 Å². The average molecular weight is 370 g/mol. The van der Waals surface area contributed by atoms with Gasteiger partial charge in [-0.25, -0.2) is 13.4 Å². The lowest BCUT2D eigenvalue weighted by molar-refractivity contribution is 0.555. The van der Waals surface area contributed by atoms with E-state index in [0.29, 0.717) is 21.4 Å². The molecule has 0 aliphatic carbocycles. The maximum atomic E-state index is 11.6. The number of rotatable bonds is 4. The molecule has 0 saturated carbocycles. The first-order valence-corrected chi connectivity index (χ1v) is 9.54. The van der Waals surface area contributed by atoms with Crippen molar-refractivity contribution in [2.24, 2.45) is 0 Å². The number of fused-ring (bicyclic) bond motifs is 1. The Morgan fingerprint density at radius 3 is 2.33 bits per heavy atom. The number of hydrogen-bond acceptors (Lipinski definition) is 3. The summed E-state index contributed by atoms with van der Waals surface area (Å²) in [5, 5.41) is 0.431. The van der Waals surface area contributed by atoms with Crippen LogP contribution in [0.1, 0.15) is 31.1 Å². The molecule has 0 fully saturated rings. The standard InChI is InChI=1S/C13H15Cl3N2O2S/c1-7(6-21(3,19)20)18-12-5-10(16)9(15)4-11(12)17-13(18)8(2)14/h4-5,7-8H,6H2,1-3H3. The molecule has 1 aromatic carbocycles. The van der Waals surface area contributed by atoms with Crippen molar-refractivity contribution in [1.29, 1.82) is 0 Å². The van der Waals surface area contributed by atoms with E-state index < -0.39 is 9.84 Å². The zero-order chi connectivity index (χ0) is 15.9. The van der Waals surface area contributed by atoms with Crippen molar-refractivity contribution >= 4 is 55.7 Å². The van der Waals surface area contributed by atoms with Gasteiger partial charge in [-0.05, 0) is 26.0 Å². The fourth-order valence-electron chi connectivity index (χ4n) is 2.37. The van der Waals surface area contributed by atoms with Gasteiger partial charge in [0.15, 0.2) is 0 Å². The molecule has 1 aromatic heterocycles. The van der Waals surface area contributed by atoms with Gasteiger partial charge in [0.1, 0.15) is 15.7 Å². The molecule has 2 atom stereocenters. The third-order valence-electron chi connectivity index (χ3n) is 3.10. The summed E-state index contributed by atoms with van der Waals surface area (Å²) in [6.07, 6.45) is 1.20. The molecule has 2 rings (SSSR count). The lowest BCUT2D eigenvalue weighted by atomic mass is 10.3. The monoisotopic (exact) mass is 368 g/mol. The van der Waals surface area contributed by atoms with Crippen LogP contribution in [0, 0.1) is 0 Å². The number of sulfone groups is 1. The molecule has 116 valence electrons. The van der Waals surface area contributed by atoms with Crippen LogP contribution in [0.2, 0.25) is 10.0 Å². The van der Waals surface area contributed by atoms with Gasteiger partial charge in [-0.3, -0.25) is 0 Å². The molecule has 8 heteroatoms. The summed E-state index contributed by atoms with van der Waals surface area (Å²) in [6, 6.07) is 3.04.